The largest absolute Gasteiger partial charge is 0.454 e. The van der Waals surface area contributed by atoms with Gasteiger partial charge in [0.05, 0.1) is 11.4 Å². The number of carbonyl (C=O) groups excluding carboxylic acids is 1. The van der Waals surface area contributed by atoms with Crippen LogP contribution in [-0.2, 0) is 10.0 Å². The summed E-state index contributed by atoms with van der Waals surface area (Å²) >= 11 is 0. The number of benzene rings is 1. The van der Waals surface area contributed by atoms with Gasteiger partial charge in [0.15, 0.2) is 17.3 Å². The number of sulfonamides is 1. The van der Waals surface area contributed by atoms with Crippen molar-refractivity contribution in [3.63, 3.8) is 0 Å². The monoisotopic (exact) mass is 445 g/mol. The predicted molar refractivity (Wildman–Crippen MR) is 114 cm³/mol. The Morgan fingerprint density at radius 1 is 1.03 bits per heavy atom. The molecule has 1 aromatic carbocycles. The molecule has 2 fully saturated rings. The molecule has 31 heavy (non-hydrogen) atoms. The lowest BCUT2D eigenvalue weighted by Crippen LogP contribution is -2.49. The van der Waals surface area contributed by atoms with Crippen molar-refractivity contribution < 1.29 is 22.7 Å². The molecule has 0 unspecified atom stereocenters. The lowest BCUT2D eigenvalue weighted by atomic mass is 10.1. The van der Waals surface area contributed by atoms with Crippen LogP contribution in [0.5, 0.6) is 11.5 Å². The quantitative estimate of drug-likeness (QED) is 0.635. The Balaban J connectivity index is 1.22. The summed E-state index contributed by atoms with van der Waals surface area (Å²) in [5.41, 5.74) is 2.98. The average Bonchev–Trinajstić information content (AvgIpc) is 3.38. The summed E-state index contributed by atoms with van der Waals surface area (Å²) in [6.07, 6.45) is 2.37. The Morgan fingerprint density at radius 2 is 1.74 bits per heavy atom. The first-order chi connectivity index (χ1) is 14.8. The molecule has 8 nitrogen and oxygen atoms in total. The van der Waals surface area contributed by atoms with Crippen LogP contribution in [0.2, 0.25) is 0 Å². The number of hydrogen-bond acceptors (Lipinski definition) is 6. The van der Waals surface area contributed by atoms with Gasteiger partial charge in [0, 0.05) is 55.2 Å². The fraction of sp³-hybridized carbons (Fsp3) is 0.500. The Hall–Kier alpha value is -2.36. The van der Waals surface area contributed by atoms with Crippen LogP contribution >= 0.6 is 0 Å². The molecule has 0 bridgehead atoms. The lowest BCUT2D eigenvalue weighted by Gasteiger charge is -2.33. The second-order valence-corrected chi connectivity index (χ2v) is 10.4. The molecule has 1 saturated heterocycles. The van der Waals surface area contributed by atoms with E-state index < -0.39 is 10.0 Å². The first kappa shape index (κ1) is 20.5. The summed E-state index contributed by atoms with van der Waals surface area (Å²) in [6, 6.07) is 7.24. The number of ketones is 1. The highest BCUT2D eigenvalue weighted by Gasteiger charge is 2.32. The van der Waals surface area contributed by atoms with Gasteiger partial charge in [0.1, 0.15) is 0 Å². The maximum absolute atomic E-state index is 13.0. The zero-order valence-corrected chi connectivity index (χ0v) is 18.7. The van der Waals surface area contributed by atoms with Crippen LogP contribution < -0.4 is 9.47 Å². The Morgan fingerprint density at radius 3 is 2.45 bits per heavy atom. The van der Waals surface area contributed by atoms with Gasteiger partial charge >= 0.3 is 0 Å². The van der Waals surface area contributed by atoms with Gasteiger partial charge in [-0.3, -0.25) is 9.69 Å². The summed E-state index contributed by atoms with van der Waals surface area (Å²) in [5.74, 6) is 1.12. The second kappa shape index (κ2) is 7.65. The van der Waals surface area contributed by atoms with E-state index in [2.05, 4.69) is 11.5 Å². The minimum Gasteiger partial charge on any atom is -0.454 e. The van der Waals surface area contributed by atoms with E-state index in [1.165, 1.54) is 23.2 Å². The number of aromatic nitrogens is 1. The first-order valence-electron chi connectivity index (χ1n) is 10.7. The third-order valence-corrected chi connectivity index (χ3v) is 8.27. The Kier molecular flexibility index (Phi) is 5.07. The molecule has 1 aromatic heterocycles. The summed E-state index contributed by atoms with van der Waals surface area (Å²) in [6.45, 7) is 6.25. The number of ether oxygens (including phenoxy) is 2. The van der Waals surface area contributed by atoms with Gasteiger partial charge in [-0.2, -0.15) is 4.31 Å². The topological polar surface area (TPSA) is 81.1 Å². The van der Waals surface area contributed by atoms with E-state index in [0.717, 1.165) is 17.0 Å². The smallest absolute Gasteiger partial charge is 0.243 e. The molecule has 3 aliphatic rings. The van der Waals surface area contributed by atoms with E-state index in [4.69, 9.17) is 9.47 Å². The van der Waals surface area contributed by atoms with Crippen LogP contribution in [0, 0.1) is 13.8 Å². The fourth-order valence-electron chi connectivity index (χ4n) is 4.56. The number of aryl methyl sites for hydroxylation is 1. The summed E-state index contributed by atoms with van der Waals surface area (Å²) in [7, 11) is -3.62. The number of Topliss-reactive ketones (excluding diaryl/α,β-unsaturated/α-hetero) is 1. The van der Waals surface area contributed by atoms with Crippen LogP contribution in [0.15, 0.2) is 29.2 Å². The Bertz CT molecular complexity index is 1130. The van der Waals surface area contributed by atoms with Crippen LogP contribution in [0.3, 0.4) is 0 Å². The lowest BCUT2D eigenvalue weighted by molar-refractivity contribution is 0.0901. The van der Waals surface area contributed by atoms with Crippen molar-refractivity contribution in [3.05, 3.63) is 41.2 Å². The minimum atomic E-state index is -3.62. The van der Waals surface area contributed by atoms with Crippen LogP contribution in [0.4, 0.5) is 0 Å². The van der Waals surface area contributed by atoms with Crippen molar-refractivity contribution in [2.24, 2.45) is 0 Å². The average molecular weight is 446 g/mol. The van der Waals surface area contributed by atoms with Crippen molar-refractivity contribution >= 4 is 15.8 Å². The van der Waals surface area contributed by atoms with E-state index in [-0.39, 0.29) is 17.5 Å². The zero-order valence-electron chi connectivity index (χ0n) is 17.8. The number of rotatable bonds is 6. The molecule has 3 heterocycles. The number of fused-ring (bicyclic) bond motifs is 1. The van der Waals surface area contributed by atoms with Gasteiger partial charge in [-0.1, -0.05) is 0 Å². The van der Waals surface area contributed by atoms with Gasteiger partial charge in [0.2, 0.25) is 16.8 Å². The van der Waals surface area contributed by atoms with Crippen molar-refractivity contribution in [2.75, 3.05) is 39.5 Å². The summed E-state index contributed by atoms with van der Waals surface area (Å²) in [4.78, 5) is 15.2. The van der Waals surface area contributed by atoms with E-state index >= 15 is 0 Å². The molecule has 0 amide bonds. The third kappa shape index (κ3) is 3.75. The van der Waals surface area contributed by atoms with Crippen molar-refractivity contribution in [3.8, 4) is 11.5 Å². The third-order valence-electron chi connectivity index (χ3n) is 6.38. The molecule has 2 aromatic rings. The highest BCUT2D eigenvalue weighted by Crippen LogP contribution is 2.38. The molecule has 0 radical (unpaired) electrons. The number of nitrogens with zero attached hydrogens (tertiary/aromatic N) is 3. The highest BCUT2D eigenvalue weighted by molar-refractivity contribution is 7.89. The second-order valence-electron chi connectivity index (χ2n) is 8.50. The molecule has 0 spiro atoms. The molecule has 2 aliphatic heterocycles. The molecule has 5 rings (SSSR count). The van der Waals surface area contributed by atoms with E-state index in [1.54, 1.807) is 12.1 Å². The predicted octanol–water partition coefficient (Wildman–Crippen LogP) is 2.36. The summed E-state index contributed by atoms with van der Waals surface area (Å²) < 4.78 is 40.4. The molecule has 1 aliphatic carbocycles. The number of carbonyl (C=O) groups is 1. The van der Waals surface area contributed by atoms with Crippen molar-refractivity contribution in [1.29, 1.82) is 0 Å². The van der Waals surface area contributed by atoms with Gasteiger partial charge < -0.3 is 14.0 Å². The molecular weight excluding hydrogens is 418 g/mol. The van der Waals surface area contributed by atoms with Crippen LogP contribution in [0.25, 0.3) is 0 Å². The van der Waals surface area contributed by atoms with Gasteiger partial charge in [-0.25, -0.2) is 8.42 Å². The Labute approximate surface area is 182 Å². The van der Waals surface area contributed by atoms with Gasteiger partial charge in [-0.05, 0) is 44.9 Å². The maximum Gasteiger partial charge on any atom is 0.243 e. The van der Waals surface area contributed by atoms with E-state index in [1.807, 2.05) is 17.9 Å². The van der Waals surface area contributed by atoms with Crippen LogP contribution in [-0.4, -0.2) is 67.5 Å². The molecule has 166 valence electrons. The van der Waals surface area contributed by atoms with Gasteiger partial charge in [-0.15, -0.1) is 0 Å². The van der Waals surface area contributed by atoms with E-state index in [9.17, 15) is 13.2 Å². The standard InChI is InChI=1S/C22H27N3O5S/c1-15-11-19(16(2)25(15)17-3-4-17)20(26)13-23-7-9-24(10-8-23)31(27,28)18-5-6-21-22(12-18)30-14-29-21/h5-6,11-12,17H,3-4,7-10,13-14H2,1-2H3. The minimum absolute atomic E-state index is 0.104. The first-order valence-corrected chi connectivity index (χ1v) is 12.1. The van der Waals surface area contributed by atoms with E-state index in [0.29, 0.717) is 50.3 Å². The molecular formula is C22H27N3O5S. The van der Waals surface area contributed by atoms with Gasteiger partial charge in [0.25, 0.3) is 0 Å². The van der Waals surface area contributed by atoms with Crippen molar-refractivity contribution in [1.82, 2.24) is 13.8 Å². The molecule has 9 heteroatoms. The molecule has 0 atom stereocenters. The zero-order chi connectivity index (χ0) is 21.8. The molecule has 0 N–H and O–H groups in total. The number of piperazine rings is 1. The normalized spacial score (nSPS) is 19.7. The highest BCUT2D eigenvalue weighted by atomic mass is 32.2. The van der Waals surface area contributed by atoms with Crippen molar-refractivity contribution in [2.45, 2.75) is 37.6 Å². The summed E-state index contributed by atoms with van der Waals surface area (Å²) in [5, 5.41) is 0. The number of hydrogen-bond donors (Lipinski definition) is 0. The fourth-order valence-corrected chi connectivity index (χ4v) is 5.99. The maximum atomic E-state index is 13.0. The van der Waals surface area contributed by atoms with Crippen LogP contribution in [0.1, 0.15) is 40.6 Å². The SMILES string of the molecule is Cc1cc(C(=O)CN2CCN(S(=O)(=O)c3ccc4c(c3)OCO4)CC2)c(C)n1C1CC1. The molecule has 1 saturated carbocycles.